The van der Waals surface area contributed by atoms with Crippen LogP contribution in [-0.2, 0) is 22.7 Å². The lowest BCUT2D eigenvalue weighted by Gasteiger charge is -2.26. The van der Waals surface area contributed by atoms with Crippen LogP contribution in [0.15, 0.2) is 60.7 Å². The van der Waals surface area contributed by atoms with Crippen molar-refractivity contribution < 1.29 is 19.1 Å². The summed E-state index contributed by atoms with van der Waals surface area (Å²) < 4.78 is 11.1. The third kappa shape index (κ3) is 6.24. The zero-order valence-corrected chi connectivity index (χ0v) is 20.2. The molecule has 1 saturated heterocycles. The summed E-state index contributed by atoms with van der Waals surface area (Å²) >= 11 is 1.37. The van der Waals surface area contributed by atoms with Gasteiger partial charge in [-0.3, -0.25) is 9.59 Å². The van der Waals surface area contributed by atoms with E-state index in [4.69, 9.17) is 9.47 Å². The molecule has 34 heavy (non-hydrogen) atoms. The molecule has 3 aromatic rings. The first-order valence-electron chi connectivity index (χ1n) is 11.6. The molecule has 6 nitrogen and oxygen atoms in total. The zero-order valence-electron chi connectivity index (χ0n) is 19.4. The second-order valence-corrected chi connectivity index (χ2v) is 9.39. The summed E-state index contributed by atoms with van der Waals surface area (Å²) in [5.41, 5.74) is 3.05. The summed E-state index contributed by atoms with van der Waals surface area (Å²) in [6.45, 7) is 2.40. The number of nitrogens with one attached hydrogen (secondary N) is 1. The molecule has 178 valence electrons. The Morgan fingerprint density at radius 3 is 2.50 bits per heavy atom. The third-order valence-corrected chi connectivity index (χ3v) is 6.94. The van der Waals surface area contributed by atoms with Crippen LogP contribution >= 0.6 is 11.3 Å². The smallest absolute Gasteiger partial charge is 0.265 e. The van der Waals surface area contributed by atoms with E-state index in [1.807, 2.05) is 65.6 Å². The Kier molecular flexibility index (Phi) is 8.33. The highest BCUT2D eigenvalue weighted by molar-refractivity contribution is 7.17. The normalized spacial score (nSPS) is 13.5. The summed E-state index contributed by atoms with van der Waals surface area (Å²) in [5.74, 6) is 0.193. The third-order valence-electron chi connectivity index (χ3n) is 5.78. The number of piperidine rings is 1. The minimum atomic E-state index is -0.218. The van der Waals surface area contributed by atoms with Crippen LogP contribution in [0.2, 0.25) is 0 Å². The number of benzene rings is 2. The predicted molar refractivity (Wildman–Crippen MR) is 134 cm³/mol. The van der Waals surface area contributed by atoms with Gasteiger partial charge < -0.3 is 19.7 Å². The number of rotatable bonds is 9. The molecular formula is C27H30N2O4S. The fraction of sp³-hybridized carbons (Fsp3) is 0.333. The van der Waals surface area contributed by atoms with E-state index < -0.39 is 0 Å². The van der Waals surface area contributed by atoms with Gasteiger partial charge in [-0.25, -0.2) is 0 Å². The first-order chi connectivity index (χ1) is 16.6. The molecule has 1 aromatic heterocycles. The van der Waals surface area contributed by atoms with E-state index in [0.29, 0.717) is 23.8 Å². The maximum Gasteiger partial charge on any atom is 0.265 e. The van der Waals surface area contributed by atoms with Crippen LogP contribution in [-0.4, -0.2) is 43.5 Å². The van der Waals surface area contributed by atoms with Crippen LogP contribution in [0.4, 0.5) is 0 Å². The molecule has 0 radical (unpaired) electrons. The standard InChI is InChI=1S/C27H30N2O4S/c1-32-18-21-10-8-9-20(15-21)17-28-27(31)26-23(16-24(34-26)22-11-4-2-5-12-22)33-19-25(30)29-13-6-3-7-14-29/h2,4-5,8-12,15-16H,3,6-7,13-14,17-19H2,1H3,(H,28,31). The molecule has 1 N–H and O–H groups in total. The fourth-order valence-electron chi connectivity index (χ4n) is 4.02. The van der Waals surface area contributed by atoms with Gasteiger partial charge in [-0.2, -0.15) is 0 Å². The van der Waals surface area contributed by atoms with Crippen LogP contribution in [0, 0.1) is 0 Å². The van der Waals surface area contributed by atoms with Gasteiger partial charge in [0.15, 0.2) is 6.61 Å². The SMILES string of the molecule is COCc1cccc(CNC(=O)c2sc(-c3ccccc3)cc2OCC(=O)N2CCCCC2)c1. The molecule has 0 aliphatic carbocycles. The highest BCUT2D eigenvalue weighted by Crippen LogP contribution is 2.36. The monoisotopic (exact) mass is 478 g/mol. The van der Waals surface area contributed by atoms with Gasteiger partial charge in [0.1, 0.15) is 10.6 Å². The minimum Gasteiger partial charge on any atom is -0.482 e. The Bertz CT molecular complexity index is 1110. The molecular weight excluding hydrogens is 448 g/mol. The molecule has 2 heterocycles. The molecule has 4 rings (SSSR count). The van der Waals surface area contributed by atoms with Crippen molar-refractivity contribution in [2.75, 3.05) is 26.8 Å². The largest absolute Gasteiger partial charge is 0.482 e. The van der Waals surface area contributed by atoms with Gasteiger partial charge in [0.2, 0.25) is 0 Å². The highest BCUT2D eigenvalue weighted by Gasteiger charge is 2.22. The van der Waals surface area contributed by atoms with E-state index in [2.05, 4.69) is 5.32 Å². The van der Waals surface area contributed by atoms with Crippen molar-refractivity contribution in [1.82, 2.24) is 10.2 Å². The first kappa shape index (κ1) is 24.0. The maximum absolute atomic E-state index is 13.1. The van der Waals surface area contributed by atoms with E-state index in [0.717, 1.165) is 53.9 Å². The number of amides is 2. The van der Waals surface area contributed by atoms with Crippen LogP contribution in [0.1, 0.15) is 40.1 Å². The predicted octanol–water partition coefficient (Wildman–Crippen LogP) is 4.88. The van der Waals surface area contributed by atoms with Crippen molar-refractivity contribution in [3.8, 4) is 16.2 Å². The van der Waals surface area contributed by atoms with E-state index in [-0.39, 0.29) is 18.4 Å². The average molecular weight is 479 g/mol. The van der Waals surface area contributed by atoms with Crippen molar-refractivity contribution in [1.29, 1.82) is 0 Å². The van der Waals surface area contributed by atoms with E-state index in [9.17, 15) is 9.59 Å². The molecule has 0 spiro atoms. The zero-order chi connectivity index (χ0) is 23.8. The number of thiophene rings is 1. The highest BCUT2D eigenvalue weighted by atomic mass is 32.1. The lowest BCUT2D eigenvalue weighted by atomic mass is 10.1. The Labute approximate surface area is 204 Å². The number of ether oxygens (including phenoxy) is 2. The topological polar surface area (TPSA) is 67.9 Å². The fourth-order valence-corrected chi connectivity index (χ4v) is 5.04. The van der Waals surface area contributed by atoms with Gasteiger partial charge in [0.05, 0.1) is 6.61 Å². The number of nitrogens with zero attached hydrogens (tertiary/aromatic N) is 1. The Morgan fingerprint density at radius 1 is 0.971 bits per heavy atom. The van der Waals surface area contributed by atoms with Crippen molar-refractivity contribution in [2.24, 2.45) is 0 Å². The molecule has 0 bridgehead atoms. The molecule has 7 heteroatoms. The quantitative estimate of drug-likeness (QED) is 0.476. The van der Waals surface area contributed by atoms with Crippen molar-refractivity contribution in [2.45, 2.75) is 32.4 Å². The van der Waals surface area contributed by atoms with Gasteiger partial charge >= 0.3 is 0 Å². The second kappa shape index (κ2) is 11.8. The summed E-state index contributed by atoms with van der Waals surface area (Å²) in [5, 5.41) is 3.00. The molecule has 1 fully saturated rings. The molecule has 0 unspecified atom stereocenters. The lowest BCUT2D eigenvalue weighted by molar-refractivity contribution is -0.134. The Morgan fingerprint density at radius 2 is 1.74 bits per heavy atom. The van der Waals surface area contributed by atoms with Crippen LogP contribution in [0.3, 0.4) is 0 Å². The maximum atomic E-state index is 13.1. The number of carbonyl (C=O) groups excluding carboxylic acids is 2. The van der Waals surface area contributed by atoms with Gasteiger partial charge in [-0.15, -0.1) is 11.3 Å². The number of hydrogen-bond donors (Lipinski definition) is 1. The summed E-state index contributed by atoms with van der Waals surface area (Å²) in [7, 11) is 1.66. The minimum absolute atomic E-state index is 0.0338. The van der Waals surface area contributed by atoms with E-state index in [1.165, 1.54) is 11.3 Å². The first-order valence-corrected chi connectivity index (χ1v) is 12.4. The molecule has 2 aromatic carbocycles. The number of methoxy groups -OCH3 is 1. The molecule has 1 aliphatic rings. The number of hydrogen-bond acceptors (Lipinski definition) is 5. The van der Waals surface area contributed by atoms with Crippen LogP contribution in [0.25, 0.3) is 10.4 Å². The summed E-state index contributed by atoms with van der Waals surface area (Å²) in [6, 6.07) is 19.7. The number of likely N-dealkylation sites (tertiary alicyclic amines) is 1. The number of carbonyl (C=O) groups is 2. The average Bonchev–Trinajstić information content (AvgIpc) is 3.32. The van der Waals surface area contributed by atoms with Crippen LogP contribution in [0.5, 0.6) is 5.75 Å². The summed E-state index contributed by atoms with van der Waals surface area (Å²) in [6.07, 6.45) is 3.22. The van der Waals surface area contributed by atoms with Crippen molar-refractivity contribution in [3.05, 3.63) is 76.7 Å². The lowest BCUT2D eigenvalue weighted by Crippen LogP contribution is -2.38. The molecule has 0 atom stereocenters. The van der Waals surface area contributed by atoms with Crippen LogP contribution < -0.4 is 10.1 Å². The molecule has 1 aliphatic heterocycles. The molecule has 2 amide bonds. The van der Waals surface area contributed by atoms with Crippen molar-refractivity contribution >= 4 is 23.2 Å². The molecule has 0 saturated carbocycles. The second-order valence-electron chi connectivity index (χ2n) is 8.34. The Balaban J connectivity index is 1.48. The summed E-state index contributed by atoms with van der Waals surface area (Å²) in [4.78, 5) is 29.0. The Hall–Kier alpha value is -3.16. The van der Waals surface area contributed by atoms with E-state index in [1.54, 1.807) is 7.11 Å². The van der Waals surface area contributed by atoms with Gasteiger partial charge in [-0.1, -0.05) is 54.6 Å². The van der Waals surface area contributed by atoms with Gasteiger partial charge in [0.25, 0.3) is 11.8 Å². The van der Waals surface area contributed by atoms with E-state index >= 15 is 0 Å². The van der Waals surface area contributed by atoms with Gasteiger partial charge in [0, 0.05) is 31.6 Å². The van der Waals surface area contributed by atoms with Crippen molar-refractivity contribution in [3.63, 3.8) is 0 Å². The van der Waals surface area contributed by atoms with Gasteiger partial charge in [-0.05, 0) is 42.0 Å².